The number of likely N-dealkylation sites (N-methyl/N-ethyl adjacent to an activating group) is 1. The first-order valence-electron chi connectivity index (χ1n) is 6.91. The maximum absolute atomic E-state index is 12.4. The van der Waals surface area contributed by atoms with E-state index in [-0.39, 0.29) is 10.9 Å². The molecule has 1 rings (SSSR count). The Balaban J connectivity index is 2.87. The Kier molecular flexibility index (Phi) is 5.98. The number of nitrogens with one attached hydrogen (secondary N) is 1. The fourth-order valence-electron chi connectivity index (χ4n) is 2.16. The first-order valence-corrected chi connectivity index (χ1v) is 8.39. The molecule has 1 unspecified atom stereocenters. The summed E-state index contributed by atoms with van der Waals surface area (Å²) in [6.45, 7) is 10.2. The fourth-order valence-corrected chi connectivity index (χ4v) is 3.67. The summed E-state index contributed by atoms with van der Waals surface area (Å²) in [7, 11) is -3.53. The van der Waals surface area contributed by atoms with Crippen molar-refractivity contribution in [2.45, 2.75) is 38.6 Å². The van der Waals surface area contributed by atoms with Crippen LogP contribution in [0.1, 0.15) is 26.3 Å². The van der Waals surface area contributed by atoms with Gasteiger partial charge in [0.1, 0.15) is 0 Å². The van der Waals surface area contributed by atoms with Gasteiger partial charge in [-0.05, 0) is 44.6 Å². The van der Waals surface area contributed by atoms with E-state index in [1.54, 1.807) is 25.1 Å². The third-order valence-electron chi connectivity index (χ3n) is 3.40. The van der Waals surface area contributed by atoms with Crippen LogP contribution >= 0.6 is 0 Å². The van der Waals surface area contributed by atoms with Crippen LogP contribution in [0.25, 0.3) is 0 Å². The molecule has 5 nitrogen and oxygen atoms in total. The summed E-state index contributed by atoms with van der Waals surface area (Å²) in [5.41, 5.74) is 6.85. The number of benzene rings is 1. The smallest absolute Gasteiger partial charge is 0.241 e. The summed E-state index contributed by atoms with van der Waals surface area (Å²) in [6, 6.07) is 4.79. The highest BCUT2D eigenvalue weighted by Crippen LogP contribution is 2.20. The van der Waals surface area contributed by atoms with Crippen LogP contribution in [-0.4, -0.2) is 39.0 Å². The van der Waals surface area contributed by atoms with Crippen molar-refractivity contribution in [2.75, 3.05) is 25.4 Å². The molecule has 114 valence electrons. The largest absolute Gasteiger partial charge is 0.398 e. The van der Waals surface area contributed by atoms with Crippen LogP contribution in [0.15, 0.2) is 23.1 Å². The zero-order chi connectivity index (χ0) is 15.3. The summed E-state index contributed by atoms with van der Waals surface area (Å²) in [4.78, 5) is 2.43. The van der Waals surface area contributed by atoms with E-state index in [1.165, 1.54) is 0 Å². The van der Waals surface area contributed by atoms with E-state index >= 15 is 0 Å². The maximum atomic E-state index is 12.4. The molecule has 0 heterocycles. The van der Waals surface area contributed by atoms with Crippen molar-refractivity contribution in [1.82, 2.24) is 9.62 Å². The van der Waals surface area contributed by atoms with Gasteiger partial charge in [-0.1, -0.05) is 19.9 Å². The fraction of sp³-hybridized carbons (Fsp3) is 0.571. The zero-order valence-corrected chi connectivity index (χ0v) is 13.5. The predicted octanol–water partition coefficient (Wildman–Crippen LogP) is 1.59. The standard InChI is InChI=1S/C14H25N3O2S/c1-5-17(6-2)10-11(3)16-20(18,19)14-9-7-8-13(15)12(14)4/h7-9,11,16H,5-6,10,15H2,1-4H3. The first kappa shape index (κ1) is 16.9. The number of sulfonamides is 1. The van der Waals surface area contributed by atoms with Crippen molar-refractivity contribution in [1.29, 1.82) is 0 Å². The highest BCUT2D eigenvalue weighted by Gasteiger charge is 2.21. The quantitative estimate of drug-likeness (QED) is 0.750. The molecular weight excluding hydrogens is 274 g/mol. The van der Waals surface area contributed by atoms with Gasteiger partial charge >= 0.3 is 0 Å². The van der Waals surface area contributed by atoms with Crippen LogP contribution in [-0.2, 0) is 10.0 Å². The van der Waals surface area contributed by atoms with Crippen molar-refractivity contribution in [3.8, 4) is 0 Å². The Bertz CT molecular complexity index is 539. The molecule has 6 heteroatoms. The van der Waals surface area contributed by atoms with Crippen LogP contribution < -0.4 is 10.5 Å². The van der Waals surface area contributed by atoms with E-state index < -0.39 is 10.0 Å². The van der Waals surface area contributed by atoms with Crippen molar-refractivity contribution >= 4 is 15.7 Å². The predicted molar refractivity (Wildman–Crippen MR) is 83.2 cm³/mol. The number of nitrogen functional groups attached to an aromatic ring is 1. The van der Waals surface area contributed by atoms with Crippen LogP contribution in [0.3, 0.4) is 0 Å². The lowest BCUT2D eigenvalue weighted by Crippen LogP contribution is -2.42. The van der Waals surface area contributed by atoms with Crippen molar-refractivity contribution < 1.29 is 8.42 Å². The van der Waals surface area contributed by atoms with Gasteiger partial charge in [0, 0.05) is 18.3 Å². The topological polar surface area (TPSA) is 75.4 Å². The minimum absolute atomic E-state index is 0.152. The van der Waals surface area contributed by atoms with Gasteiger partial charge in [0.05, 0.1) is 4.90 Å². The van der Waals surface area contributed by atoms with Gasteiger partial charge in [-0.2, -0.15) is 0 Å². The second-order valence-corrected chi connectivity index (χ2v) is 6.66. The second-order valence-electron chi connectivity index (χ2n) is 4.98. The lowest BCUT2D eigenvalue weighted by molar-refractivity contribution is 0.282. The molecule has 0 aromatic heterocycles. The molecule has 0 saturated carbocycles. The molecule has 1 aromatic carbocycles. The molecule has 0 aliphatic heterocycles. The molecule has 1 aromatic rings. The van der Waals surface area contributed by atoms with Gasteiger partial charge in [-0.3, -0.25) is 0 Å². The van der Waals surface area contributed by atoms with Crippen LogP contribution in [0.2, 0.25) is 0 Å². The van der Waals surface area contributed by atoms with Crippen molar-refractivity contribution in [2.24, 2.45) is 0 Å². The molecule has 0 saturated heterocycles. The van der Waals surface area contributed by atoms with Crippen molar-refractivity contribution in [3.63, 3.8) is 0 Å². The Morgan fingerprint density at radius 3 is 2.45 bits per heavy atom. The number of rotatable bonds is 7. The van der Waals surface area contributed by atoms with Crippen LogP contribution in [0, 0.1) is 6.92 Å². The zero-order valence-electron chi connectivity index (χ0n) is 12.7. The van der Waals surface area contributed by atoms with Gasteiger partial charge in [0.2, 0.25) is 10.0 Å². The van der Waals surface area contributed by atoms with E-state index in [0.717, 1.165) is 13.1 Å². The summed E-state index contributed by atoms with van der Waals surface area (Å²) in [5, 5.41) is 0. The van der Waals surface area contributed by atoms with Gasteiger partial charge in [0.25, 0.3) is 0 Å². The minimum Gasteiger partial charge on any atom is -0.398 e. The number of nitrogens with two attached hydrogens (primary N) is 1. The minimum atomic E-state index is -3.53. The van der Waals surface area contributed by atoms with Gasteiger partial charge in [-0.15, -0.1) is 0 Å². The van der Waals surface area contributed by atoms with E-state index in [1.807, 2.05) is 6.92 Å². The Labute approximate surface area is 122 Å². The molecule has 3 N–H and O–H groups in total. The molecule has 0 bridgehead atoms. The van der Waals surface area contributed by atoms with E-state index in [0.29, 0.717) is 17.8 Å². The third kappa shape index (κ3) is 4.19. The molecule has 0 aliphatic carbocycles. The Hall–Kier alpha value is -1.11. The van der Waals surface area contributed by atoms with Gasteiger partial charge in [0.15, 0.2) is 0 Å². The summed E-state index contributed by atoms with van der Waals surface area (Å²) in [6.07, 6.45) is 0. The monoisotopic (exact) mass is 299 g/mol. The highest BCUT2D eigenvalue weighted by molar-refractivity contribution is 7.89. The number of hydrogen-bond acceptors (Lipinski definition) is 4. The Morgan fingerprint density at radius 1 is 1.30 bits per heavy atom. The molecule has 0 spiro atoms. The van der Waals surface area contributed by atoms with E-state index in [2.05, 4.69) is 23.5 Å². The lowest BCUT2D eigenvalue weighted by Gasteiger charge is -2.23. The summed E-state index contributed by atoms with van der Waals surface area (Å²) in [5.74, 6) is 0. The second kappa shape index (κ2) is 7.06. The Morgan fingerprint density at radius 2 is 1.90 bits per heavy atom. The average molecular weight is 299 g/mol. The lowest BCUT2D eigenvalue weighted by atomic mass is 10.2. The first-order chi connectivity index (χ1) is 9.31. The average Bonchev–Trinajstić information content (AvgIpc) is 2.38. The number of nitrogens with zero attached hydrogens (tertiary/aromatic N) is 1. The molecular formula is C14H25N3O2S. The molecule has 0 amide bonds. The molecule has 0 aliphatic rings. The van der Waals surface area contributed by atoms with Crippen LogP contribution in [0.4, 0.5) is 5.69 Å². The summed E-state index contributed by atoms with van der Waals surface area (Å²) < 4.78 is 27.5. The molecule has 1 atom stereocenters. The van der Waals surface area contributed by atoms with E-state index in [4.69, 9.17) is 5.73 Å². The van der Waals surface area contributed by atoms with Crippen LogP contribution in [0.5, 0.6) is 0 Å². The molecule has 20 heavy (non-hydrogen) atoms. The third-order valence-corrected chi connectivity index (χ3v) is 5.13. The number of hydrogen-bond donors (Lipinski definition) is 2. The SMILES string of the molecule is CCN(CC)CC(C)NS(=O)(=O)c1cccc(N)c1C. The normalized spacial score (nSPS) is 13.7. The molecule has 0 radical (unpaired) electrons. The maximum Gasteiger partial charge on any atom is 0.241 e. The van der Waals surface area contributed by atoms with E-state index in [9.17, 15) is 8.42 Å². The summed E-state index contributed by atoms with van der Waals surface area (Å²) >= 11 is 0. The molecule has 0 fully saturated rings. The number of anilines is 1. The van der Waals surface area contributed by atoms with Gasteiger partial charge < -0.3 is 10.6 Å². The van der Waals surface area contributed by atoms with Gasteiger partial charge in [-0.25, -0.2) is 13.1 Å². The van der Waals surface area contributed by atoms with Crippen molar-refractivity contribution in [3.05, 3.63) is 23.8 Å². The highest BCUT2D eigenvalue weighted by atomic mass is 32.2.